The smallest absolute Gasteiger partial charge is 0.220 e. The molecule has 0 fully saturated rings. The van der Waals surface area contributed by atoms with E-state index in [0.29, 0.717) is 17.3 Å². The second kappa shape index (κ2) is 4.11. The minimum atomic E-state index is 0.577. The molecule has 3 nitrogen and oxygen atoms in total. The first kappa shape index (κ1) is 9.68. The molecule has 0 bridgehead atoms. The lowest BCUT2D eigenvalue weighted by atomic mass is 10.1. The fourth-order valence-corrected chi connectivity index (χ4v) is 1.70. The van der Waals surface area contributed by atoms with Gasteiger partial charge < -0.3 is 4.42 Å². The maximum absolute atomic E-state index is 5.87. The Hall–Kier alpha value is -0.870. The first-order valence-electron chi connectivity index (χ1n) is 3.94. The van der Waals surface area contributed by atoms with E-state index < -0.39 is 0 Å². The molecule has 0 saturated heterocycles. The van der Waals surface area contributed by atoms with Gasteiger partial charge in [0.25, 0.3) is 0 Å². The highest BCUT2D eigenvalue weighted by molar-refractivity contribution is 9.10. The summed E-state index contributed by atoms with van der Waals surface area (Å²) in [6.45, 7) is 0. The van der Waals surface area contributed by atoms with Gasteiger partial charge in [0.15, 0.2) is 0 Å². The van der Waals surface area contributed by atoms with Crippen LogP contribution < -0.4 is 0 Å². The minimum Gasteiger partial charge on any atom is -0.428 e. The maximum atomic E-state index is 5.87. The Bertz CT molecular complexity index is 430. The molecule has 0 aliphatic carbocycles. The fourth-order valence-electron chi connectivity index (χ4n) is 1.11. The van der Waals surface area contributed by atoms with Gasteiger partial charge in [0.1, 0.15) is 0 Å². The van der Waals surface area contributed by atoms with E-state index >= 15 is 0 Å². The molecule has 0 radical (unpaired) electrons. The summed E-state index contributed by atoms with van der Waals surface area (Å²) in [4.78, 5) is 0. The molecule has 1 heterocycles. The third kappa shape index (κ3) is 2.13. The van der Waals surface area contributed by atoms with Crippen LogP contribution in [0.4, 0.5) is 0 Å². The Morgan fingerprint density at radius 3 is 3.00 bits per heavy atom. The number of nitrogens with zero attached hydrogens (tertiary/aromatic N) is 2. The predicted molar refractivity (Wildman–Crippen MR) is 56.3 cm³/mol. The van der Waals surface area contributed by atoms with Gasteiger partial charge >= 0.3 is 0 Å². The molecule has 1 aromatic heterocycles. The molecule has 0 aliphatic heterocycles. The molecule has 2 aromatic rings. The Kier molecular flexibility index (Phi) is 2.84. The van der Waals surface area contributed by atoms with E-state index in [1.807, 2.05) is 18.2 Å². The van der Waals surface area contributed by atoms with Gasteiger partial charge in [-0.1, -0.05) is 27.5 Å². The third-order valence-electron chi connectivity index (χ3n) is 1.75. The monoisotopic (exact) mass is 272 g/mol. The van der Waals surface area contributed by atoms with Crippen molar-refractivity contribution in [1.82, 2.24) is 10.2 Å². The molecule has 0 saturated carbocycles. The zero-order chi connectivity index (χ0) is 9.97. The Morgan fingerprint density at radius 2 is 2.29 bits per heavy atom. The first-order chi connectivity index (χ1) is 6.75. The first-order valence-corrected chi connectivity index (χ1v) is 5.12. The molecule has 0 aliphatic rings. The average molecular weight is 274 g/mol. The molecule has 0 unspecified atom stereocenters. The molecule has 1 aromatic carbocycles. The predicted octanol–water partition coefficient (Wildman–Crippen LogP) is 3.08. The van der Waals surface area contributed by atoms with E-state index in [0.717, 1.165) is 10.0 Å². The molecular weight excluding hydrogens is 267 g/mol. The summed E-state index contributed by atoms with van der Waals surface area (Å²) in [6, 6.07) is 5.59. The largest absolute Gasteiger partial charge is 0.428 e. The number of hydrogen-bond acceptors (Lipinski definition) is 3. The van der Waals surface area contributed by atoms with Crippen molar-refractivity contribution < 1.29 is 4.42 Å². The quantitative estimate of drug-likeness (QED) is 0.844. The third-order valence-corrected chi connectivity index (χ3v) is 2.76. The SMILES string of the molecule is Clc1ccc(Br)c(Cc2nnco2)c1. The van der Waals surface area contributed by atoms with Crippen molar-refractivity contribution in [3.63, 3.8) is 0 Å². The Balaban J connectivity index is 2.28. The summed E-state index contributed by atoms with van der Waals surface area (Å²) in [6.07, 6.45) is 1.90. The van der Waals surface area contributed by atoms with E-state index in [1.54, 1.807) is 0 Å². The second-order valence-corrected chi connectivity index (χ2v) is 4.04. The van der Waals surface area contributed by atoms with Crippen LogP contribution in [0.3, 0.4) is 0 Å². The minimum absolute atomic E-state index is 0.577. The van der Waals surface area contributed by atoms with Gasteiger partial charge in [0.05, 0.1) is 6.42 Å². The zero-order valence-electron chi connectivity index (χ0n) is 7.08. The van der Waals surface area contributed by atoms with Crippen molar-refractivity contribution in [2.24, 2.45) is 0 Å². The van der Waals surface area contributed by atoms with E-state index in [4.69, 9.17) is 16.0 Å². The molecule has 0 atom stereocenters. The van der Waals surface area contributed by atoms with Crippen LogP contribution in [0.5, 0.6) is 0 Å². The van der Waals surface area contributed by atoms with Gasteiger partial charge in [-0.15, -0.1) is 10.2 Å². The maximum Gasteiger partial charge on any atom is 0.220 e. The van der Waals surface area contributed by atoms with Crippen LogP contribution in [-0.4, -0.2) is 10.2 Å². The molecular formula is C9H6BrClN2O. The average Bonchev–Trinajstić information content (AvgIpc) is 2.64. The lowest BCUT2D eigenvalue weighted by Crippen LogP contribution is -1.90. The van der Waals surface area contributed by atoms with E-state index in [1.165, 1.54) is 6.39 Å². The van der Waals surface area contributed by atoms with Crippen molar-refractivity contribution in [2.75, 3.05) is 0 Å². The fraction of sp³-hybridized carbons (Fsp3) is 0.111. The van der Waals surface area contributed by atoms with Gasteiger partial charge in [-0.3, -0.25) is 0 Å². The van der Waals surface area contributed by atoms with E-state index in [9.17, 15) is 0 Å². The molecule has 14 heavy (non-hydrogen) atoms. The van der Waals surface area contributed by atoms with Crippen LogP contribution >= 0.6 is 27.5 Å². The summed E-state index contributed by atoms with van der Waals surface area (Å²) in [5, 5.41) is 8.10. The highest BCUT2D eigenvalue weighted by Gasteiger charge is 2.05. The van der Waals surface area contributed by atoms with Crippen molar-refractivity contribution in [1.29, 1.82) is 0 Å². The Morgan fingerprint density at radius 1 is 1.43 bits per heavy atom. The summed E-state index contributed by atoms with van der Waals surface area (Å²) in [5.41, 5.74) is 1.03. The number of aromatic nitrogens is 2. The van der Waals surface area contributed by atoms with Crippen molar-refractivity contribution >= 4 is 27.5 Å². The summed E-state index contributed by atoms with van der Waals surface area (Å²) >= 11 is 9.30. The molecule has 2 rings (SSSR count). The van der Waals surface area contributed by atoms with Crippen LogP contribution in [0.15, 0.2) is 33.5 Å². The summed E-state index contributed by atoms with van der Waals surface area (Å²) < 4.78 is 6.03. The molecule has 72 valence electrons. The molecule has 0 amide bonds. The van der Waals surface area contributed by atoms with Crippen molar-refractivity contribution in [2.45, 2.75) is 6.42 Å². The van der Waals surface area contributed by atoms with Gasteiger partial charge in [0, 0.05) is 9.50 Å². The topological polar surface area (TPSA) is 38.9 Å². The van der Waals surface area contributed by atoms with E-state index in [2.05, 4.69) is 26.1 Å². The second-order valence-electron chi connectivity index (χ2n) is 2.74. The number of hydrogen-bond donors (Lipinski definition) is 0. The van der Waals surface area contributed by atoms with Crippen LogP contribution in [-0.2, 0) is 6.42 Å². The number of benzene rings is 1. The van der Waals surface area contributed by atoms with Crippen LogP contribution in [0.25, 0.3) is 0 Å². The van der Waals surface area contributed by atoms with Crippen molar-refractivity contribution in [3.8, 4) is 0 Å². The number of halogens is 2. The normalized spacial score (nSPS) is 10.4. The lowest BCUT2D eigenvalue weighted by Gasteiger charge is -2.01. The van der Waals surface area contributed by atoms with Crippen LogP contribution in [0, 0.1) is 0 Å². The summed E-state index contributed by atoms with van der Waals surface area (Å²) in [7, 11) is 0. The number of rotatable bonds is 2. The molecule has 0 spiro atoms. The van der Waals surface area contributed by atoms with Crippen LogP contribution in [0.1, 0.15) is 11.5 Å². The molecule has 0 N–H and O–H groups in total. The van der Waals surface area contributed by atoms with Crippen LogP contribution in [0.2, 0.25) is 5.02 Å². The van der Waals surface area contributed by atoms with Crippen molar-refractivity contribution in [3.05, 3.63) is 45.5 Å². The van der Waals surface area contributed by atoms with Gasteiger partial charge in [-0.2, -0.15) is 0 Å². The molecule has 5 heteroatoms. The summed E-state index contributed by atoms with van der Waals surface area (Å²) in [5.74, 6) is 0.577. The van der Waals surface area contributed by atoms with Gasteiger partial charge in [0.2, 0.25) is 12.3 Å². The standard InChI is InChI=1S/C9H6BrClN2O/c10-8-2-1-7(11)3-6(8)4-9-13-12-5-14-9/h1-3,5H,4H2. The Labute approximate surface area is 94.2 Å². The van der Waals surface area contributed by atoms with Gasteiger partial charge in [-0.25, -0.2) is 0 Å². The van der Waals surface area contributed by atoms with E-state index in [-0.39, 0.29) is 0 Å². The van der Waals surface area contributed by atoms with Gasteiger partial charge in [-0.05, 0) is 23.8 Å². The highest BCUT2D eigenvalue weighted by atomic mass is 79.9. The lowest BCUT2D eigenvalue weighted by molar-refractivity contribution is 0.504. The highest BCUT2D eigenvalue weighted by Crippen LogP contribution is 2.22. The zero-order valence-corrected chi connectivity index (χ0v) is 9.42.